The van der Waals surface area contributed by atoms with E-state index in [1.165, 1.54) is 24.0 Å². The van der Waals surface area contributed by atoms with E-state index in [0.717, 1.165) is 20.1 Å². The highest BCUT2D eigenvalue weighted by atomic mass is 79.9. The smallest absolute Gasteiger partial charge is 0.274 e. The summed E-state index contributed by atoms with van der Waals surface area (Å²) in [6, 6.07) is 6.11. The largest absolute Gasteiger partial charge is 0.289 e. The molecular weight excluding hydrogens is 410 g/mol. The minimum Gasteiger partial charge on any atom is -0.289 e. The Balaban J connectivity index is 2.50. The Morgan fingerprint density at radius 2 is 1.88 bits per heavy atom. The minimum atomic E-state index is -3.74. The van der Waals surface area contributed by atoms with E-state index in [9.17, 15) is 8.42 Å². The molecule has 0 aliphatic heterocycles. The van der Waals surface area contributed by atoms with Crippen molar-refractivity contribution in [1.29, 1.82) is 0 Å². The van der Waals surface area contributed by atoms with Crippen molar-refractivity contribution < 1.29 is 8.42 Å². The normalized spacial score (nSPS) is 13.2. The van der Waals surface area contributed by atoms with Gasteiger partial charge in [0.2, 0.25) is 0 Å². The van der Waals surface area contributed by atoms with E-state index in [1.54, 1.807) is 19.0 Å². The number of benzene rings is 1. The predicted octanol–water partition coefficient (Wildman–Crippen LogP) is 3.67. The number of nitrogens with zero attached hydrogens (tertiary/aromatic N) is 3. The van der Waals surface area contributed by atoms with Crippen molar-refractivity contribution in [3.63, 3.8) is 0 Å². The van der Waals surface area contributed by atoms with Crippen LogP contribution < -0.4 is 0 Å². The SMILES string of the molecule is C=CC(N(C)C)S(=O)(=O)n1ncc(Br)c1Sc1cc(C)cc(C)c1. The average molecular weight is 430 g/mol. The maximum atomic E-state index is 12.9. The topological polar surface area (TPSA) is 55.2 Å². The Kier molecular flexibility index (Phi) is 5.95. The van der Waals surface area contributed by atoms with Crippen molar-refractivity contribution in [2.24, 2.45) is 0 Å². The second-order valence-electron chi connectivity index (χ2n) is 5.70. The lowest BCUT2D eigenvalue weighted by atomic mass is 10.2. The third kappa shape index (κ3) is 3.93. The maximum absolute atomic E-state index is 12.9. The van der Waals surface area contributed by atoms with Crippen LogP contribution in [0.1, 0.15) is 11.1 Å². The van der Waals surface area contributed by atoms with Crippen LogP contribution in [0.3, 0.4) is 0 Å². The maximum Gasteiger partial charge on any atom is 0.274 e. The van der Waals surface area contributed by atoms with Crippen molar-refractivity contribution in [2.45, 2.75) is 29.1 Å². The molecular formula is C16H20BrN3O2S2. The highest BCUT2D eigenvalue weighted by molar-refractivity contribution is 9.10. The van der Waals surface area contributed by atoms with Crippen molar-refractivity contribution in [1.82, 2.24) is 14.1 Å². The zero-order chi connectivity index (χ0) is 18.1. The molecule has 0 radical (unpaired) electrons. The summed E-state index contributed by atoms with van der Waals surface area (Å²) in [5.74, 6) is 0. The van der Waals surface area contributed by atoms with Gasteiger partial charge >= 0.3 is 0 Å². The van der Waals surface area contributed by atoms with Gasteiger partial charge in [-0.3, -0.25) is 4.90 Å². The molecule has 0 spiro atoms. The molecule has 0 N–H and O–H groups in total. The van der Waals surface area contributed by atoms with E-state index in [0.29, 0.717) is 9.50 Å². The highest BCUT2D eigenvalue weighted by Crippen LogP contribution is 2.35. The van der Waals surface area contributed by atoms with Crippen LogP contribution in [-0.2, 0) is 10.0 Å². The summed E-state index contributed by atoms with van der Waals surface area (Å²) in [5.41, 5.74) is 2.25. The molecule has 1 heterocycles. The van der Waals surface area contributed by atoms with E-state index >= 15 is 0 Å². The lowest BCUT2D eigenvalue weighted by Gasteiger charge is -2.21. The first-order valence-corrected chi connectivity index (χ1v) is 10.3. The summed E-state index contributed by atoms with van der Waals surface area (Å²) in [6.45, 7) is 7.66. The molecule has 0 amide bonds. The fraction of sp³-hybridized carbons (Fsp3) is 0.312. The summed E-state index contributed by atoms with van der Waals surface area (Å²) in [4.78, 5) is 2.55. The number of halogens is 1. The van der Waals surface area contributed by atoms with Crippen LogP contribution in [0.25, 0.3) is 0 Å². The predicted molar refractivity (Wildman–Crippen MR) is 102 cm³/mol. The highest BCUT2D eigenvalue weighted by Gasteiger charge is 2.30. The molecule has 0 aliphatic rings. The van der Waals surface area contributed by atoms with Crippen LogP contribution in [0, 0.1) is 13.8 Å². The molecule has 130 valence electrons. The molecule has 1 atom stereocenters. The number of aromatic nitrogens is 2. The molecule has 5 nitrogen and oxygen atoms in total. The molecule has 0 bridgehead atoms. The van der Waals surface area contributed by atoms with E-state index in [1.807, 2.05) is 26.0 Å². The second-order valence-corrected chi connectivity index (χ2v) is 9.48. The standard InChI is InChI=1S/C16H20BrN3O2S2/c1-6-15(19(4)5)24(21,22)20-16(14(17)10-18-20)23-13-8-11(2)7-12(3)9-13/h6-10,15H,1H2,2-5H3. The van der Waals surface area contributed by atoms with E-state index < -0.39 is 15.4 Å². The Morgan fingerprint density at radius 1 is 1.29 bits per heavy atom. The molecule has 8 heteroatoms. The first kappa shape index (κ1) is 19.2. The Labute approximate surface area is 155 Å². The molecule has 0 fully saturated rings. The monoisotopic (exact) mass is 429 g/mol. The molecule has 2 rings (SSSR count). The van der Waals surface area contributed by atoms with Gasteiger partial charge in [0.15, 0.2) is 5.37 Å². The molecule has 0 saturated carbocycles. The molecule has 1 unspecified atom stereocenters. The molecule has 24 heavy (non-hydrogen) atoms. The summed E-state index contributed by atoms with van der Waals surface area (Å²) in [7, 11) is -0.351. The van der Waals surface area contributed by atoms with Gasteiger partial charge in [0.05, 0.1) is 10.7 Å². The Morgan fingerprint density at radius 3 is 2.38 bits per heavy atom. The summed E-state index contributed by atoms with van der Waals surface area (Å²) in [6.07, 6.45) is 2.90. The van der Waals surface area contributed by atoms with Gasteiger partial charge in [-0.25, -0.2) is 8.42 Å². The van der Waals surface area contributed by atoms with Gasteiger partial charge in [-0.15, -0.1) is 10.7 Å². The van der Waals surface area contributed by atoms with Crippen molar-refractivity contribution >= 4 is 37.7 Å². The van der Waals surface area contributed by atoms with Crippen LogP contribution in [0.2, 0.25) is 0 Å². The van der Waals surface area contributed by atoms with Crippen molar-refractivity contribution in [3.8, 4) is 0 Å². The van der Waals surface area contributed by atoms with Crippen LogP contribution in [0.15, 0.2) is 51.4 Å². The van der Waals surface area contributed by atoms with E-state index in [4.69, 9.17) is 0 Å². The third-order valence-corrected chi connectivity index (χ3v) is 7.32. The van der Waals surface area contributed by atoms with Crippen LogP contribution in [-0.4, -0.2) is 42.0 Å². The average Bonchev–Trinajstić information content (AvgIpc) is 2.79. The number of rotatable bonds is 6. The Bertz CT molecular complexity index is 840. The second kappa shape index (κ2) is 7.43. The van der Waals surface area contributed by atoms with Gasteiger partial charge in [0.1, 0.15) is 5.03 Å². The lowest BCUT2D eigenvalue weighted by Crippen LogP contribution is -2.38. The van der Waals surface area contributed by atoms with Gasteiger partial charge in [-0.1, -0.05) is 23.9 Å². The molecule has 2 aromatic rings. The number of hydrogen-bond acceptors (Lipinski definition) is 5. The van der Waals surface area contributed by atoms with E-state index in [2.05, 4.69) is 33.7 Å². The number of likely N-dealkylation sites (N-methyl/N-ethyl adjacent to an activating group) is 1. The number of aryl methyl sites for hydroxylation is 2. The number of hydrogen-bond donors (Lipinski definition) is 0. The van der Waals surface area contributed by atoms with Gasteiger partial charge < -0.3 is 0 Å². The molecule has 1 aromatic heterocycles. The van der Waals surface area contributed by atoms with Crippen LogP contribution in [0.4, 0.5) is 0 Å². The van der Waals surface area contributed by atoms with Crippen molar-refractivity contribution in [2.75, 3.05) is 14.1 Å². The van der Waals surface area contributed by atoms with Gasteiger partial charge in [-0.05, 0) is 67.1 Å². The quantitative estimate of drug-likeness (QED) is 0.655. The van der Waals surface area contributed by atoms with Crippen LogP contribution in [0.5, 0.6) is 0 Å². The summed E-state index contributed by atoms with van der Waals surface area (Å²) < 4.78 is 27.5. The molecule has 0 saturated heterocycles. The van der Waals surface area contributed by atoms with Gasteiger partial charge in [0, 0.05) is 4.90 Å². The first-order chi connectivity index (χ1) is 11.2. The molecule has 1 aromatic carbocycles. The zero-order valence-corrected chi connectivity index (χ0v) is 17.2. The fourth-order valence-electron chi connectivity index (χ4n) is 2.38. The minimum absolute atomic E-state index is 0.522. The zero-order valence-electron chi connectivity index (χ0n) is 14.0. The van der Waals surface area contributed by atoms with Crippen molar-refractivity contribution in [3.05, 3.63) is 52.7 Å². The third-order valence-electron chi connectivity index (χ3n) is 3.32. The fourth-order valence-corrected chi connectivity index (χ4v) is 5.90. The first-order valence-electron chi connectivity index (χ1n) is 7.20. The lowest BCUT2D eigenvalue weighted by molar-refractivity contribution is 0.401. The van der Waals surface area contributed by atoms with Gasteiger partial charge in [-0.2, -0.15) is 5.10 Å². The Hall–Kier alpha value is -1.09. The van der Waals surface area contributed by atoms with Crippen LogP contribution >= 0.6 is 27.7 Å². The summed E-state index contributed by atoms with van der Waals surface area (Å²) in [5, 5.41) is 3.73. The van der Waals surface area contributed by atoms with E-state index in [-0.39, 0.29) is 0 Å². The van der Waals surface area contributed by atoms with Gasteiger partial charge in [0.25, 0.3) is 10.0 Å². The molecule has 0 aliphatic carbocycles. The summed E-state index contributed by atoms with van der Waals surface area (Å²) >= 11 is 4.77.